The van der Waals surface area contributed by atoms with Crippen molar-refractivity contribution in [1.82, 2.24) is 4.98 Å². The van der Waals surface area contributed by atoms with Gasteiger partial charge in [0.15, 0.2) is 12.6 Å². The molecule has 0 unspecified atom stereocenters. The van der Waals surface area contributed by atoms with E-state index in [0.29, 0.717) is 5.75 Å². The highest BCUT2D eigenvalue weighted by Crippen LogP contribution is 2.16. The molecule has 0 saturated carbocycles. The number of nitrogens with two attached hydrogens (primary N) is 1. The van der Waals surface area contributed by atoms with Crippen LogP contribution in [0.3, 0.4) is 0 Å². The molecule has 0 aliphatic carbocycles. The number of rotatable bonds is 7. The quantitative estimate of drug-likeness (QED) is 0.374. The number of alkyl halides is 2. The molecule has 0 aliphatic heterocycles. The van der Waals surface area contributed by atoms with Gasteiger partial charge in [0.1, 0.15) is 5.75 Å². The summed E-state index contributed by atoms with van der Waals surface area (Å²) in [7, 11) is 1.58. The van der Waals surface area contributed by atoms with Crippen molar-refractivity contribution in [2.24, 2.45) is 10.7 Å². The van der Waals surface area contributed by atoms with E-state index in [2.05, 4.69) is 15.3 Å². The molecule has 0 bridgehead atoms. The Balaban J connectivity index is 0.00000312. The number of pyridine rings is 1. The van der Waals surface area contributed by atoms with Gasteiger partial charge in [-0.3, -0.25) is 0 Å². The normalized spacial score (nSPS) is 11.0. The van der Waals surface area contributed by atoms with E-state index in [-0.39, 0.29) is 42.4 Å². The molecule has 9 heteroatoms. The summed E-state index contributed by atoms with van der Waals surface area (Å²) in [6.45, 7) is -0.435. The summed E-state index contributed by atoms with van der Waals surface area (Å²) in [5, 5.41) is 2.94. The minimum absolute atomic E-state index is 0. The minimum atomic E-state index is -2.55. The Hall–Kier alpha value is -2.17. The number of ether oxygens (including phenoxy) is 2. The molecule has 3 N–H and O–H groups in total. The molecule has 0 fully saturated rings. The molecule has 136 valence electrons. The van der Waals surface area contributed by atoms with Gasteiger partial charge in [-0.2, -0.15) is 0 Å². The van der Waals surface area contributed by atoms with Crippen LogP contribution in [0.1, 0.15) is 5.56 Å². The molecule has 0 aliphatic rings. The first-order valence-corrected chi connectivity index (χ1v) is 7.13. The summed E-state index contributed by atoms with van der Waals surface area (Å²) in [5.41, 5.74) is 7.32. The van der Waals surface area contributed by atoms with Crippen LogP contribution in [0, 0.1) is 0 Å². The lowest BCUT2D eigenvalue weighted by molar-refractivity contribution is 0.0795. The van der Waals surface area contributed by atoms with Gasteiger partial charge in [-0.15, -0.1) is 24.0 Å². The van der Waals surface area contributed by atoms with E-state index in [1.54, 1.807) is 25.3 Å². The van der Waals surface area contributed by atoms with Crippen molar-refractivity contribution in [3.8, 4) is 11.6 Å². The van der Waals surface area contributed by atoms with Gasteiger partial charge in [-0.1, -0.05) is 6.07 Å². The first kappa shape index (κ1) is 20.9. The number of anilines is 1. The first-order chi connectivity index (χ1) is 11.6. The fourth-order valence-corrected chi connectivity index (χ4v) is 1.84. The largest absolute Gasteiger partial charge is 0.497 e. The van der Waals surface area contributed by atoms with Crippen molar-refractivity contribution in [3.63, 3.8) is 0 Å². The van der Waals surface area contributed by atoms with Crippen LogP contribution in [0.5, 0.6) is 11.6 Å². The number of hydrogen-bond acceptors (Lipinski definition) is 4. The minimum Gasteiger partial charge on any atom is -0.497 e. The molecular formula is C16H19F2IN4O2. The molecule has 0 spiro atoms. The van der Waals surface area contributed by atoms with Crippen LogP contribution in [-0.4, -0.2) is 31.1 Å². The van der Waals surface area contributed by atoms with Crippen LogP contribution in [0.2, 0.25) is 0 Å². The lowest BCUT2D eigenvalue weighted by Gasteiger charge is -2.08. The Labute approximate surface area is 161 Å². The summed E-state index contributed by atoms with van der Waals surface area (Å²) in [6, 6.07) is 10.5. The van der Waals surface area contributed by atoms with Crippen LogP contribution < -0.4 is 20.5 Å². The van der Waals surface area contributed by atoms with E-state index < -0.39 is 13.0 Å². The van der Waals surface area contributed by atoms with Crippen molar-refractivity contribution >= 4 is 35.6 Å². The number of aliphatic imine (C=N–C) groups is 1. The molecule has 6 nitrogen and oxygen atoms in total. The highest BCUT2D eigenvalue weighted by atomic mass is 127. The summed E-state index contributed by atoms with van der Waals surface area (Å²) in [6.07, 6.45) is -1.08. The number of aromatic nitrogens is 1. The van der Waals surface area contributed by atoms with E-state index in [1.165, 1.54) is 6.20 Å². The molecule has 0 saturated heterocycles. The van der Waals surface area contributed by atoms with Crippen molar-refractivity contribution < 1.29 is 18.3 Å². The third kappa shape index (κ3) is 7.50. The van der Waals surface area contributed by atoms with Gasteiger partial charge < -0.3 is 20.5 Å². The molecule has 0 radical (unpaired) electrons. The van der Waals surface area contributed by atoms with Crippen molar-refractivity contribution in [2.75, 3.05) is 19.0 Å². The van der Waals surface area contributed by atoms with Gasteiger partial charge in [0.25, 0.3) is 6.43 Å². The van der Waals surface area contributed by atoms with E-state index in [1.807, 2.05) is 18.2 Å². The van der Waals surface area contributed by atoms with Crippen LogP contribution in [0.15, 0.2) is 47.6 Å². The number of guanidine groups is 1. The van der Waals surface area contributed by atoms with Crippen LogP contribution in [0.25, 0.3) is 0 Å². The van der Waals surface area contributed by atoms with Gasteiger partial charge in [0, 0.05) is 24.0 Å². The Kier molecular flexibility index (Phi) is 8.89. The average molecular weight is 464 g/mol. The topological polar surface area (TPSA) is 81.8 Å². The molecular weight excluding hydrogens is 445 g/mol. The van der Waals surface area contributed by atoms with Crippen molar-refractivity contribution in [3.05, 3.63) is 48.2 Å². The van der Waals surface area contributed by atoms with Crippen molar-refractivity contribution in [1.29, 1.82) is 0 Å². The van der Waals surface area contributed by atoms with Gasteiger partial charge in [-0.05, 0) is 23.8 Å². The third-order valence-electron chi connectivity index (χ3n) is 2.93. The second-order valence-electron chi connectivity index (χ2n) is 4.76. The Morgan fingerprint density at radius 2 is 2.12 bits per heavy atom. The van der Waals surface area contributed by atoms with Gasteiger partial charge >= 0.3 is 0 Å². The first-order valence-electron chi connectivity index (χ1n) is 7.13. The summed E-state index contributed by atoms with van der Waals surface area (Å²) in [4.78, 5) is 8.05. The zero-order valence-electron chi connectivity index (χ0n) is 13.5. The Morgan fingerprint density at radius 3 is 2.84 bits per heavy atom. The molecule has 2 aromatic rings. The maximum Gasteiger partial charge on any atom is 0.272 e. The molecule has 1 aromatic carbocycles. The fourth-order valence-electron chi connectivity index (χ4n) is 1.84. The van der Waals surface area contributed by atoms with E-state index in [4.69, 9.17) is 15.2 Å². The third-order valence-corrected chi connectivity index (χ3v) is 2.93. The second kappa shape index (κ2) is 10.6. The number of halogens is 3. The Bertz CT molecular complexity index is 701. The molecule has 1 aromatic heterocycles. The number of nitrogens with zero attached hydrogens (tertiary/aromatic N) is 2. The van der Waals surface area contributed by atoms with E-state index >= 15 is 0 Å². The van der Waals surface area contributed by atoms with Gasteiger partial charge in [-0.25, -0.2) is 18.8 Å². The zero-order chi connectivity index (χ0) is 17.4. The number of benzene rings is 1. The van der Waals surface area contributed by atoms with Crippen molar-refractivity contribution in [2.45, 2.75) is 13.0 Å². The molecule has 0 amide bonds. The lowest BCUT2D eigenvalue weighted by Crippen LogP contribution is -2.22. The maximum atomic E-state index is 12.1. The standard InChI is InChI=1S/C16H18F2N4O2.HI/c1-23-13-4-2-3-12(8-13)22-16(19)21-9-11-5-6-20-15(7-11)24-10-14(17)18;/h2-8,14H,9-10H2,1H3,(H3,19,21,22);1H. The van der Waals surface area contributed by atoms with Gasteiger partial charge in [0.2, 0.25) is 5.88 Å². The summed E-state index contributed by atoms with van der Waals surface area (Å²) < 4.78 is 34.2. The number of hydrogen-bond donors (Lipinski definition) is 2. The zero-order valence-corrected chi connectivity index (χ0v) is 15.8. The average Bonchev–Trinajstić information content (AvgIpc) is 2.59. The monoisotopic (exact) mass is 464 g/mol. The van der Waals surface area contributed by atoms with Gasteiger partial charge in [0.05, 0.1) is 13.7 Å². The summed E-state index contributed by atoms with van der Waals surface area (Å²) in [5.74, 6) is 1.04. The predicted molar refractivity (Wildman–Crippen MR) is 103 cm³/mol. The van der Waals surface area contributed by atoms with Crippen LogP contribution >= 0.6 is 24.0 Å². The van der Waals surface area contributed by atoms with E-state index in [9.17, 15) is 8.78 Å². The Morgan fingerprint density at radius 1 is 1.32 bits per heavy atom. The molecule has 1 heterocycles. The fraction of sp³-hybridized carbons (Fsp3) is 0.250. The molecule has 2 rings (SSSR count). The number of nitrogens with one attached hydrogen (secondary N) is 1. The smallest absolute Gasteiger partial charge is 0.272 e. The van der Waals surface area contributed by atoms with E-state index in [0.717, 1.165) is 11.3 Å². The highest BCUT2D eigenvalue weighted by Gasteiger charge is 2.05. The van der Waals surface area contributed by atoms with Crippen LogP contribution in [-0.2, 0) is 6.54 Å². The maximum absolute atomic E-state index is 12.1. The molecule has 0 atom stereocenters. The highest BCUT2D eigenvalue weighted by molar-refractivity contribution is 14.0. The molecule has 25 heavy (non-hydrogen) atoms. The number of methoxy groups -OCH3 is 1. The second-order valence-corrected chi connectivity index (χ2v) is 4.76. The SMILES string of the molecule is COc1cccc(NC(N)=NCc2ccnc(OCC(F)F)c2)c1.I. The van der Waals surface area contributed by atoms with Crippen LogP contribution in [0.4, 0.5) is 14.5 Å². The lowest BCUT2D eigenvalue weighted by atomic mass is 10.3. The summed E-state index contributed by atoms with van der Waals surface area (Å²) >= 11 is 0. The predicted octanol–water partition coefficient (Wildman–Crippen LogP) is 3.28.